The van der Waals surface area contributed by atoms with E-state index in [1.54, 1.807) is 24.9 Å². The van der Waals surface area contributed by atoms with E-state index in [-0.39, 0.29) is 0 Å². The molecule has 0 heterocycles. The molecule has 0 unspecified atom stereocenters. The summed E-state index contributed by atoms with van der Waals surface area (Å²) in [6, 6.07) is 8.50. The molecule has 1 aromatic rings. The van der Waals surface area contributed by atoms with E-state index < -0.39 is 0 Å². The van der Waals surface area contributed by atoms with Crippen molar-refractivity contribution in [2.45, 2.75) is 11.4 Å². The predicted molar refractivity (Wildman–Crippen MR) is 76.6 cm³/mol. The standard InChI is InChI=1S/C13H19N3S/c1-4-9-15-13(14-2)16-10-11-5-7-12(17-3)8-6-11/h4-8H,1,9-10H2,2-3H3,(H2,14,15,16). The highest BCUT2D eigenvalue weighted by molar-refractivity contribution is 7.98. The van der Waals surface area contributed by atoms with E-state index in [1.165, 1.54) is 10.5 Å². The Labute approximate surface area is 107 Å². The molecule has 1 aromatic carbocycles. The first-order valence-electron chi connectivity index (χ1n) is 5.48. The molecular weight excluding hydrogens is 230 g/mol. The van der Waals surface area contributed by atoms with Gasteiger partial charge in [-0.15, -0.1) is 18.3 Å². The van der Waals surface area contributed by atoms with Crippen molar-refractivity contribution in [3.05, 3.63) is 42.5 Å². The zero-order valence-corrected chi connectivity index (χ0v) is 11.2. The highest BCUT2D eigenvalue weighted by atomic mass is 32.2. The number of hydrogen-bond acceptors (Lipinski definition) is 2. The number of thioether (sulfide) groups is 1. The molecule has 92 valence electrons. The van der Waals surface area contributed by atoms with Gasteiger partial charge in [-0.25, -0.2) is 0 Å². The zero-order valence-electron chi connectivity index (χ0n) is 10.4. The minimum absolute atomic E-state index is 0.713. The van der Waals surface area contributed by atoms with Crippen LogP contribution in [0.15, 0.2) is 46.8 Å². The molecule has 0 amide bonds. The third-order valence-electron chi connectivity index (χ3n) is 2.26. The molecule has 2 N–H and O–H groups in total. The van der Waals surface area contributed by atoms with Crippen molar-refractivity contribution in [1.29, 1.82) is 0 Å². The lowest BCUT2D eigenvalue weighted by Gasteiger charge is -2.10. The fourth-order valence-electron chi connectivity index (χ4n) is 1.32. The van der Waals surface area contributed by atoms with Gasteiger partial charge in [0.15, 0.2) is 5.96 Å². The second kappa shape index (κ2) is 7.79. The van der Waals surface area contributed by atoms with Crippen LogP contribution in [0, 0.1) is 0 Å². The van der Waals surface area contributed by atoms with Crippen LogP contribution in [-0.2, 0) is 6.54 Å². The Bertz CT molecular complexity index is 371. The number of nitrogens with zero attached hydrogens (tertiary/aromatic N) is 1. The number of guanidine groups is 1. The number of rotatable bonds is 5. The summed E-state index contributed by atoms with van der Waals surface area (Å²) in [6.45, 7) is 5.14. The van der Waals surface area contributed by atoms with Crippen molar-refractivity contribution < 1.29 is 0 Å². The average molecular weight is 249 g/mol. The molecule has 0 bridgehead atoms. The van der Waals surface area contributed by atoms with Crippen molar-refractivity contribution in [3.63, 3.8) is 0 Å². The van der Waals surface area contributed by atoms with E-state index in [0.29, 0.717) is 6.54 Å². The molecule has 0 fully saturated rings. The topological polar surface area (TPSA) is 36.4 Å². The van der Waals surface area contributed by atoms with E-state index >= 15 is 0 Å². The minimum Gasteiger partial charge on any atom is -0.353 e. The summed E-state index contributed by atoms with van der Waals surface area (Å²) in [6.07, 6.45) is 3.88. The molecule has 0 aliphatic rings. The van der Waals surface area contributed by atoms with Gasteiger partial charge in [0.05, 0.1) is 0 Å². The maximum Gasteiger partial charge on any atom is 0.191 e. The van der Waals surface area contributed by atoms with E-state index in [1.807, 2.05) is 0 Å². The number of benzene rings is 1. The molecule has 0 radical (unpaired) electrons. The molecule has 0 aliphatic heterocycles. The smallest absolute Gasteiger partial charge is 0.191 e. The van der Waals surface area contributed by atoms with Crippen molar-refractivity contribution in [2.24, 2.45) is 4.99 Å². The van der Waals surface area contributed by atoms with E-state index in [4.69, 9.17) is 0 Å². The Kier molecular flexibility index (Phi) is 6.25. The van der Waals surface area contributed by atoms with Crippen LogP contribution in [0.3, 0.4) is 0 Å². The second-order valence-corrected chi connectivity index (χ2v) is 4.32. The van der Waals surface area contributed by atoms with Crippen LogP contribution in [0.1, 0.15) is 5.56 Å². The first-order chi connectivity index (χ1) is 8.30. The lowest BCUT2D eigenvalue weighted by Crippen LogP contribution is -2.36. The van der Waals surface area contributed by atoms with Gasteiger partial charge in [0, 0.05) is 25.0 Å². The summed E-state index contributed by atoms with van der Waals surface area (Å²) in [5.74, 6) is 0.791. The van der Waals surface area contributed by atoms with Gasteiger partial charge in [-0.1, -0.05) is 18.2 Å². The molecular formula is C13H19N3S. The Balaban J connectivity index is 2.45. The number of nitrogens with one attached hydrogen (secondary N) is 2. The van der Waals surface area contributed by atoms with Gasteiger partial charge in [0.25, 0.3) is 0 Å². The Morgan fingerprint density at radius 3 is 2.59 bits per heavy atom. The molecule has 1 rings (SSSR count). The van der Waals surface area contributed by atoms with Crippen molar-refractivity contribution in [3.8, 4) is 0 Å². The van der Waals surface area contributed by atoms with Crippen LogP contribution in [0.2, 0.25) is 0 Å². The number of aliphatic imine (C=N–C) groups is 1. The molecule has 0 saturated heterocycles. The normalized spacial score (nSPS) is 11.1. The first-order valence-corrected chi connectivity index (χ1v) is 6.71. The lowest BCUT2D eigenvalue weighted by molar-refractivity contribution is 0.846. The van der Waals surface area contributed by atoms with Crippen LogP contribution in [0.25, 0.3) is 0 Å². The predicted octanol–water partition coefficient (Wildman–Crippen LogP) is 2.26. The largest absolute Gasteiger partial charge is 0.353 e. The van der Waals surface area contributed by atoms with Gasteiger partial charge in [-0.3, -0.25) is 4.99 Å². The Morgan fingerprint density at radius 2 is 2.06 bits per heavy atom. The first kappa shape index (κ1) is 13.6. The SMILES string of the molecule is C=CCNC(=NC)NCc1ccc(SC)cc1. The van der Waals surface area contributed by atoms with E-state index in [2.05, 4.69) is 52.7 Å². The van der Waals surface area contributed by atoms with E-state index in [0.717, 1.165) is 12.5 Å². The van der Waals surface area contributed by atoms with Crippen molar-refractivity contribution in [1.82, 2.24) is 10.6 Å². The van der Waals surface area contributed by atoms with Gasteiger partial charge < -0.3 is 10.6 Å². The van der Waals surface area contributed by atoms with Crippen LogP contribution in [0.5, 0.6) is 0 Å². The fraction of sp³-hybridized carbons (Fsp3) is 0.308. The third-order valence-corrected chi connectivity index (χ3v) is 3.00. The quantitative estimate of drug-likeness (QED) is 0.364. The summed E-state index contributed by atoms with van der Waals surface area (Å²) in [5.41, 5.74) is 1.24. The second-order valence-electron chi connectivity index (χ2n) is 3.44. The summed E-state index contributed by atoms with van der Waals surface area (Å²) >= 11 is 1.75. The lowest BCUT2D eigenvalue weighted by atomic mass is 10.2. The molecule has 0 saturated carbocycles. The van der Waals surface area contributed by atoms with Crippen LogP contribution >= 0.6 is 11.8 Å². The van der Waals surface area contributed by atoms with Gasteiger partial charge in [0.1, 0.15) is 0 Å². The Morgan fingerprint density at radius 1 is 1.35 bits per heavy atom. The fourth-order valence-corrected chi connectivity index (χ4v) is 1.73. The zero-order chi connectivity index (χ0) is 12.5. The summed E-state index contributed by atoms with van der Waals surface area (Å²) < 4.78 is 0. The average Bonchev–Trinajstić information content (AvgIpc) is 2.39. The highest BCUT2D eigenvalue weighted by Crippen LogP contribution is 2.14. The van der Waals surface area contributed by atoms with Gasteiger partial charge in [-0.2, -0.15) is 0 Å². The Hall–Kier alpha value is -1.42. The molecule has 0 aliphatic carbocycles. The summed E-state index contributed by atoms with van der Waals surface area (Å²) in [4.78, 5) is 5.40. The van der Waals surface area contributed by atoms with E-state index in [9.17, 15) is 0 Å². The maximum atomic E-state index is 4.12. The molecule has 0 atom stereocenters. The van der Waals surface area contributed by atoms with Crippen LogP contribution in [-0.4, -0.2) is 25.8 Å². The monoisotopic (exact) mass is 249 g/mol. The van der Waals surface area contributed by atoms with Gasteiger partial charge in [0.2, 0.25) is 0 Å². The summed E-state index contributed by atoms with van der Waals surface area (Å²) in [7, 11) is 1.76. The molecule has 0 spiro atoms. The molecule has 4 heteroatoms. The highest BCUT2D eigenvalue weighted by Gasteiger charge is 1.97. The van der Waals surface area contributed by atoms with Crippen LogP contribution < -0.4 is 10.6 Å². The van der Waals surface area contributed by atoms with Crippen LogP contribution in [0.4, 0.5) is 0 Å². The van der Waals surface area contributed by atoms with Crippen molar-refractivity contribution >= 4 is 17.7 Å². The van der Waals surface area contributed by atoms with Crippen molar-refractivity contribution in [2.75, 3.05) is 19.8 Å². The minimum atomic E-state index is 0.713. The molecule has 0 aromatic heterocycles. The molecule has 17 heavy (non-hydrogen) atoms. The maximum absolute atomic E-state index is 4.12. The summed E-state index contributed by atoms with van der Waals surface area (Å²) in [5, 5.41) is 6.37. The van der Waals surface area contributed by atoms with Gasteiger partial charge >= 0.3 is 0 Å². The molecule has 3 nitrogen and oxygen atoms in total. The van der Waals surface area contributed by atoms with Gasteiger partial charge in [-0.05, 0) is 24.0 Å². The third kappa shape index (κ3) is 4.95. The number of hydrogen-bond donors (Lipinski definition) is 2.